The van der Waals surface area contributed by atoms with E-state index in [1.54, 1.807) is 24.3 Å². The van der Waals surface area contributed by atoms with Crippen molar-refractivity contribution in [2.24, 2.45) is 0 Å². The Morgan fingerprint density at radius 1 is 1.04 bits per heavy atom. The first-order valence-corrected chi connectivity index (χ1v) is 7.41. The molecule has 0 bridgehead atoms. The van der Waals surface area contributed by atoms with Crippen molar-refractivity contribution in [1.82, 2.24) is 0 Å². The lowest BCUT2D eigenvalue weighted by atomic mass is 10.0. The molecular formula is C19H16F3N. The summed E-state index contributed by atoms with van der Waals surface area (Å²) in [5.74, 6) is -2.20. The molecule has 0 spiro atoms. The third kappa shape index (κ3) is 4.01. The van der Waals surface area contributed by atoms with Crippen LogP contribution in [0.1, 0.15) is 37.3 Å². The van der Waals surface area contributed by atoms with Crippen molar-refractivity contribution < 1.29 is 13.2 Å². The minimum atomic E-state index is -0.851. The number of nitrogens with zero attached hydrogens (tertiary/aromatic N) is 1. The summed E-state index contributed by atoms with van der Waals surface area (Å²) in [4.78, 5) is 0. The van der Waals surface area contributed by atoms with Gasteiger partial charge in [-0.3, -0.25) is 0 Å². The molecule has 0 atom stereocenters. The Hall–Kier alpha value is -2.54. The number of rotatable bonds is 5. The van der Waals surface area contributed by atoms with E-state index in [0.29, 0.717) is 17.5 Å². The summed E-state index contributed by atoms with van der Waals surface area (Å²) in [6.07, 6.45) is 1.48. The maximum absolute atomic E-state index is 14.0. The fourth-order valence-electron chi connectivity index (χ4n) is 2.19. The minimum absolute atomic E-state index is 0.0302. The van der Waals surface area contributed by atoms with Crippen molar-refractivity contribution in [3.8, 4) is 17.2 Å². The highest BCUT2D eigenvalue weighted by atomic mass is 19.2. The lowest BCUT2D eigenvalue weighted by molar-refractivity contribution is 0.548. The molecule has 23 heavy (non-hydrogen) atoms. The van der Waals surface area contributed by atoms with Crippen LogP contribution in [0, 0.1) is 17.1 Å². The molecule has 0 saturated heterocycles. The van der Waals surface area contributed by atoms with Gasteiger partial charge in [-0.15, -0.1) is 0 Å². The second-order valence-corrected chi connectivity index (χ2v) is 5.21. The highest BCUT2D eigenvalue weighted by molar-refractivity contribution is 5.69. The zero-order valence-electron chi connectivity index (χ0n) is 12.7. The summed E-state index contributed by atoms with van der Waals surface area (Å²) in [7, 11) is 0. The van der Waals surface area contributed by atoms with Crippen molar-refractivity contribution in [1.29, 1.82) is 5.26 Å². The lowest BCUT2D eigenvalue weighted by Crippen LogP contribution is -1.87. The van der Waals surface area contributed by atoms with E-state index in [4.69, 9.17) is 5.26 Å². The number of unbranched alkanes of at least 4 members (excludes halogenated alkanes) is 1. The van der Waals surface area contributed by atoms with Crippen LogP contribution in [0.4, 0.5) is 13.2 Å². The van der Waals surface area contributed by atoms with Gasteiger partial charge >= 0.3 is 0 Å². The van der Waals surface area contributed by atoms with Crippen molar-refractivity contribution in [3.63, 3.8) is 0 Å². The van der Waals surface area contributed by atoms with Gasteiger partial charge in [-0.05, 0) is 29.7 Å². The van der Waals surface area contributed by atoms with Gasteiger partial charge < -0.3 is 0 Å². The van der Waals surface area contributed by atoms with E-state index in [1.165, 1.54) is 24.3 Å². The Morgan fingerprint density at radius 2 is 1.70 bits per heavy atom. The standard InChI is InChI=1S/C19H16F3N/c1-2-3-4-17(20)19(22)14-7-5-13(6-8-14)15-9-10-16(12-23)18(21)11-15/h5-11H,2-4H2,1H3/b19-17+. The molecule has 0 saturated carbocycles. The third-order valence-corrected chi connectivity index (χ3v) is 3.55. The topological polar surface area (TPSA) is 23.8 Å². The summed E-state index contributed by atoms with van der Waals surface area (Å²) >= 11 is 0. The molecule has 0 aliphatic carbocycles. The van der Waals surface area contributed by atoms with Crippen LogP contribution in [0.2, 0.25) is 0 Å². The SMILES string of the molecule is CCCC/C(F)=C(\F)c1ccc(-c2ccc(C#N)c(F)c2)cc1. The van der Waals surface area contributed by atoms with Gasteiger partial charge in [-0.2, -0.15) is 5.26 Å². The fourth-order valence-corrected chi connectivity index (χ4v) is 2.19. The van der Waals surface area contributed by atoms with Gasteiger partial charge in [0.05, 0.1) is 5.56 Å². The van der Waals surface area contributed by atoms with Crippen molar-refractivity contribution in [3.05, 3.63) is 65.2 Å². The van der Waals surface area contributed by atoms with Gasteiger partial charge in [0, 0.05) is 12.0 Å². The maximum Gasteiger partial charge on any atom is 0.161 e. The first-order chi connectivity index (χ1) is 11.1. The van der Waals surface area contributed by atoms with E-state index in [2.05, 4.69) is 0 Å². The van der Waals surface area contributed by atoms with Crippen LogP contribution in [0.5, 0.6) is 0 Å². The molecule has 0 amide bonds. The number of benzene rings is 2. The zero-order chi connectivity index (χ0) is 16.8. The molecule has 0 aliphatic heterocycles. The van der Waals surface area contributed by atoms with Gasteiger partial charge in [0.15, 0.2) is 5.83 Å². The summed E-state index contributed by atoms with van der Waals surface area (Å²) < 4.78 is 41.2. The first-order valence-electron chi connectivity index (χ1n) is 7.41. The van der Waals surface area contributed by atoms with Crippen LogP contribution in [0.15, 0.2) is 48.3 Å². The largest absolute Gasteiger partial charge is 0.209 e. The molecule has 0 aliphatic rings. The smallest absolute Gasteiger partial charge is 0.161 e. The Bertz CT molecular complexity index is 755. The van der Waals surface area contributed by atoms with Gasteiger partial charge in [-0.1, -0.05) is 43.7 Å². The van der Waals surface area contributed by atoms with E-state index in [0.717, 1.165) is 6.42 Å². The highest BCUT2D eigenvalue weighted by Crippen LogP contribution is 2.28. The maximum atomic E-state index is 14.0. The van der Waals surface area contributed by atoms with E-state index in [1.807, 2.05) is 6.92 Å². The molecule has 0 fully saturated rings. The molecule has 2 rings (SSSR count). The number of hydrogen-bond donors (Lipinski definition) is 0. The Kier molecular flexibility index (Phi) is 5.59. The van der Waals surface area contributed by atoms with Gasteiger partial charge in [0.2, 0.25) is 0 Å². The molecule has 0 aromatic heterocycles. The summed E-state index contributed by atoms with van der Waals surface area (Å²) in [5.41, 5.74) is 1.37. The molecule has 118 valence electrons. The monoisotopic (exact) mass is 315 g/mol. The predicted molar refractivity (Wildman–Crippen MR) is 85.2 cm³/mol. The highest BCUT2D eigenvalue weighted by Gasteiger charge is 2.10. The van der Waals surface area contributed by atoms with Crippen molar-refractivity contribution >= 4 is 5.83 Å². The zero-order valence-corrected chi connectivity index (χ0v) is 12.7. The summed E-state index contributed by atoms with van der Waals surface area (Å²) in [5, 5.41) is 8.72. The Morgan fingerprint density at radius 3 is 2.26 bits per heavy atom. The summed E-state index contributed by atoms with van der Waals surface area (Å²) in [6.45, 7) is 1.91. The summed E-state index contributed by atoms with van der Waals surface area (Å²) in [6, 6.07) is 12.1. The quantitative estimate of drug-likeness (QED) is 0.648. The van der Waals surface area contributed by atoms with Crippen LogP contribution in [-0.2, 0) is 0 Å². The fraction of sp³-hybridized carbons (Fsp3) is 0.211. The van der Waals surface area contributed by atoms with E-state index < -0.39 is 17.5 Å². The third-order valence-electron chi connectivity index (χ3n) is 3.55. The molecule has 1 nitrogen and oxygen atoms in total. The van der Waals surface area contributed by atoms with Gasteiger partial charge in [-0.25, -0.2) is 13.2 Å². The molecule has 0 N–H and O–H groups in total. The van der Waals surface area contributed by atoms with E-state index >= 15 is 0 Å². The Labute approximate surface area is 133 Å². The normalized spacial score (nSPS) is 11.8. The first kappa shape index (κ1) is 16.8. The number of nitriles is 1. The average Bonchev–Trinajstić information content (AvgIpc) is 2.59. The lowest BCUT2D eigenvalue weighted by Gasteiger charge is -2.05. The van der Waals surface area contributed by atoms with Gasteiger partial charge in [0.1, 0.15) is 17.7 Å². The number of halogens is 3. The minimum Gasteiger partial charge on any atom is -0.209 e. The molecule has 0 radical (unpaired) electrons. The van der Waals surface area contributed by atoms with E-state index in [-0.39, 0.29) is 17.5 Å². The number of allylic oxidation sites excluding steroid dienone is 1. The van der Waals surface area contributed by atoms with Crippen LogP contribution in [0.25, 0.3) is 17.0 Å². The second-order valence-electron chi connectivity index (χ2n) is 5.21. The molecule has 2 aromatic rings. The average molecular weight is 315 g/mol. The Balaban J connectivity index is 2.26. The van der Waals surface area contributed by atoms with Crippen LogP contribution in [0.3, 0.4) is 0 Å². The van der Waals surface area contributed by atoms with Gasteiger partial charge in [0.25, 0.3) is 0 Å². The van der Waals surface area contributed by atoms with Crippen molar-refractivity contribution in [2.75, 3.05) is 0 Å². The second kappa shape index (κ2) is 7.64. The molecule has 4 heteroatoms. The number of hydrogen-bond acceptors (Lipinski definition) is 1. The van der Waals surface area contributed by atoms with Crippen LogP contribution < -0.4 is 0 Å². The molecular weight excluding hydrogens is 299 g/mol. The van der Waals surface area contributed by atoms with Crippen LogP contribution in [-0.4, -0.2) is 0 Å². The van der Waals surface area contributed by atoms with E-state index in [9.17, 15) is 13.2 Å². The molecule has 0 unspecified atom stereocenters. The van der Waals surface area contributed by atoms with Crippen molar-refractivity contribution in [2.45, 2.75) is 26.2 Å². The molecule has 2 aromatic carbocycles. The predicted octanol–water partition coefficient (Wildman–Crippen LogP) is 6.16. The van der Waals surface area contributed by atoms with Crippen LogP contribution >= 0.6 is 0 Å². The molecule has 0 heterocycles.